The van der Waals surface area contributed by atoms with Gasteiger partial charge < -0.3 is 9.72 Å². The van der Waals surface area contributed by atoms with Crippen LogP contribution in [0.5, 0.6) is 0 Å². The molecule has 0 radical (unpaired) electrons. The number of anilines is 1. The van der Waals surface area contributed by atoms with Crippen LogP contribution in [0.15, 0.2) is 49.2 Å². The second kappa shape index (κ2) is 5.33. The van der Waals surface area contributed by atoms with E-state index in [1.165, 1.54) is 19.3 Å². The second-order valence-electron chi connectivity index (χ2n) is 6.43. The SMILES string of the molecule is c1cn2cc(-c3ccn4nc(NCC5CCC5)ncc34)ccc2n1. The molecule has 1 fully saturated rings. The average Bonchev–Trinajstić information content (AvgIpc) is 3.18. The van der Waals surface area contributed by atoms with E-state index in [2.05, 4.69) is 38.7 Å². The Kier molecular flexibility index (Phi) is 3.01. The molecule has 24 heavy (non-hydrogen) atoms. The van der Waals surface area contributed by atoms with Crippen molar-refractivity contribution >= 4 is 17.1 Å². The first kappa shape index (κ1) is 13.5. The fraction of sp³-hybridized carbons (Fsp3) is 0.278. The van der Waals surface area contributed by atoms with Crippen LogP contribution in [0.2, 0.25) is 0 Å². The van der Waals surface area contributed by atoms with Gasteiger partial charge >= 0.3 is 0 Å². The third-order valence-electron chi connectivity index (χ3n) is 4.89. The molecule has 4 heterocycles. The van der Waals surface area contributed by atoms with E-state index in [1.54, 1.807) is 6.20 Å². The second-order valence-corrected chi connectivity index (χ2v) is 6.43. The number of pyridine rings is 1. The Morgan fingerprint density at radius 3 is 2.96 bits per heavy atom. The number of hydrogen-bond acceptors (Lipinski definition) is 4. The standard InChI is InChI=1S/C18H18N6/c1-2-13(3-1)10-20-18-21-11-16-15(6-8-24(16)22-18)14-4-5-17-19-7-9-23(17)12-14/h4-9,11-13H,1-3,10H2,(H,20,22). The van der Waals surface area contributed by atoms with Crippen molar-refractivity contribution < 1.29 is 0 Å². The molecule has 1 aliphatic carbocycles. The smallest absolute Gasteiger partial charge is 0.241 e. The molecule has 0 atom stereocenters. The Hall–Kier alpha value is -2.89. The molecule has 0 aliphatic heterocycles. The van der Waals surface area contributed by atoms with E-state index in [0.29, 0.717) is 5.95 Å². The number of imidazole rings is 1. The third kappa shape index (κ3) is 2.22. The van der Waals surface area contributed by atoms with Crippen LogP contribution in [0, 0.1) is 5.92 Å². The summed E-state index contributed by atoms with van der Waals surface area (Å²) in [6.07, 6.45) is 13.7. The van der Waals surface area contributed by atoms with E-state index in [4.69, 9.17) is 0 Å². The third-order valence-corrected chi connectivity index (χ3v) is 4.89. The summed E-state index contributed by atoms with van der Waals surface area (Å²) in [7, 11) is 0. The van der Waals surface area contributed by atoms with Gasteiger partial charge in [0.2, 0.25) is 5.95 Å². The summed E-state index contributed by atoms with van der Waals surface area (Å²) in [5, 5.41) is 7.93. The molecule has 0 saturated heterocycles. The molecule has 0 unspecified atom stereocenters. The largest absolute Gasteiger partial charge is 0.353 e. The molecule has 0 spiro atoms. The van der Waals surface area contributed by atoms with Crippen molar-refractivity contribution in [2.45, 2.75) is 19.3 Å². The summed E-state index contributed by atoms with van der Waals surface area (Å²) in [4.78, 5) is 8.77. The molecule has 1 saturated carbocycles. The van der Waals surface area contributed by atoms with Gasteiger partial charge in [0, 0.05) is 42.5 Å². The molecule has 6 nitrogen and oxygen atoms in total. The lowest BCUT2D eigenvalue weighted by Crippen LogP contribution is -2.22. The highest BCUT2D eigenvalue weighted by molar-refractivity contribution is 5.80. The maximum Gasteiger partial charge on any atom is 0.241 e. The van der Waals surface area contributed by atoms with Crippen LogP contribution in [0.25, 0.3) is 22.3 Å². The molecule has 1 N–H and O–H groups in total. The number of nitrogens with one attached hydrogen (secondary N) is 1. The van der Waals surface area contributed by atoms with E-state index in [0.717, 1.165) is 34.8 Å². The van der Waals surface area contributed by atoms with E-state index in [9.17, 15) is 0 Å². The van der Waals surface area contributed by atoms with Gasteiger partial charge in [-0.3, -0.25) is 0 Å². The Balaban J connectivity index is 1.47. The fourth-order valence-electron chi connectivity index (χ4n) is 3.24. The average molecular weight is 318 g/mol. The van der Waals surface area contributed by atoms with Crippen LogP contribution in [-0.2, 0) is 0 Å². The summed E-state index contributed by atoms with van der Waals surface area (Å²) in [6, 6.07) is 6.19. The molecule has 6 heteroatoms. The van der Waals surface area contributed by atoms with Crippen LogP contribution in [0.1, 0.15) is 19.3 Å². The lowest BCUT2D eigenvalue weighted by Gasteiger charge is -2.25. The van der Waals surface area contributed by atoms with Gasteiger partial charge in [-0.15, -0.1) is 5.10 Å². The van der Waals surface area contributed by atoms with Gasteiger partial charge in [-0.2, -0.15) is 0 Å². The van der Waals surface area contributed by atoms with Crippen LogP contribution >= 0.6 is 0 Å². The maximum absolute atomic E-state index is 4.58. The highest BCUT2D eigenvalue weighted by atomic mass is 15.3. The van der Waals surface area contributed by atoms with Crippen molar-refractivity contribution in [2.24, 2.45) is 5.92 Å². The van der Waals surface area contributed by atoms with Crippen molar-refractivity contribution in [2.75, 3.05) is 11.9 Å². The zero-order valence-corrected chi connectivity index (χ0v) is 13.3. The Bertz CT molecular complexity index is 1010. The zero-order chi connectivity index (χ0) is 15.9. The van der Waals surface area contributed by atoms with Gasteiger partial charge in [0.05, 0.1) is 11.7 Å². The molecule has 0 aromatic carbocycles. The molecule has 0 bridgehead atoms. The normalized spacial score (nSPS) is 15.0. The van der Waals surface area contributed by atoms with Crippen LogP contribution < -0.4 is 5.32 Å². The molecule has 5 rings (SSSR count). The zero-order valence-electron chi connectivity index (χ0n) is 13.3. The number of fused-ring (bicyclic) bond motifs is 2. The predicted molar refractivity (Wildman–Crippen MR) is 93.0 cm³/mol. The molecule has 4 aromatic heterocycles. The predicted octanol–water partition coefficient (Wildman–Crippen LogP) is 3.26. The first-order valence-corrected chi connectivity index (χ1v) is 8.38. The first-order valence-electron chi connectivity index (χ1n) is 8.38. The fourth-order valence-corrected chi connectivity index (χ4v) is 3.24. The van der Waals surface area contributed by atoms with Gasteiger partial charge in [0.25, 0.3) is 0 Å². The first-order chi connectivity index (χ1) is 11.9. The molecule has 4 aromatic rings. The lowest BCUT2D eigenvalue weighted by atomic mass is 9.85. The Morgan fingerprint density at radius 1 is 1.12 bits per heavy atom. The van der Waals surface area contributed by atoms with Crippen molar-refractivity contribution in [1.82, 2.24) is 24.0 Å². The van der Waals surface area contributed by atoms with Gasteiger partial charge in [0.15, 0.2) is 0 Å². The lowest BCUT2D eigenvalue weighted by molar-refractivity contribution is 0.333. The maximum atomic E-state index is 4.58. The molecule has 1 aliphatic rings. The molecule has 0 amide bonds. The number of aromatic nitrogens is 5. The monoisotopic (exact) mass is 318 g/mol. The number of rotatable bonds is 4. The Labute approximate surface area is 139 Å². The minimum atomic E-state index is 0.696. The van der Waals surface area contributed by atoms with E-state index in [1.807, 2.05) is 33.6 Å². The van der Waals surface area contributed by atoms with Crippen LogP contribution in [0.3, 0.4) is 0 Å². The quantitative estimate of drug-likeness (QED) is 0.627. The van der Waals surface area contributed by atoms with E-state index < -0.39 is 0 Å². The van der Waals surface area contributed by atoms with Gasteiger partial charge in [-0.05, 0) is 37.0 Å². The van der Waals surface area contributed by atoms with Crippen molar-refractivity contribution in [3.05, 3.63) is 49.2 Å². The van der Waals surface area contributed by atoms with Crippen molar-refractivity contribution in [3.63, 3.8) is 0 Å². The van der Waals surface area contributed by atoms with Gasteiger partial charge in [-0.1, -0.05) is 6.42 Å². The van der Waals surface area contributed by atoms with Crippen molar-refractivity contribution in [1.29, 1.82) is 0 Å². The number of nitrogens with zero attached hydrogens (tertiary/aromatic N) is 5. The van der Waals surface area contributed by atoms with Crippen molar-refractivity contribution in [3.8, 4) is 11.1 Å². The molecular weight excluding hydrogens is 300 g/mol. The highest BCUT2D eigenvalue weighted by Crippen LogP contribution is 2.27. The van der Waals surface area contributed by atoms with E-state index >= 15 is 0 Å². The highest BCUT2D eigenvalue weighted by Gasteiger charge is 2.17. The van der Waals surface area contributed by atoms with Crippen LogP contribution in [0.4, 0.5) is 5.95 Å². The molecule has 120 valence electrons. The Morgan fingerprint density at radius 2 is 2.08 bits per heavy atom. The molecular formula is C18H18N6. The number of hydrogen-bond donors (Lipinski definition) is 1. The summed E-state index contributed by atoms with van der Waals surface area (Å²) >= 11 is 0. The summed E-state index contributed by atoms with van der Waals surface area (Å²) in [5.74, 6) is 1.48. The minimum Gasteiger partial charge on any atom is -0.353 e. The minimum absolute atomic E-state index is 0.696. The summed E-state index contributed by atoms with van der Waals surface area (Å²) in [6.45, 7) is 0.969. The summed E-state index contributed by atoms with van der Waals surface area (Å²) in [5.41, 5.74) is 4.20. The van der Waals surface area contributed by atoms with Gasteiger partial charge in [-0.25, -0.2) is 14.5 Å². The van der Waals surface area contributed by atoms with E-state index in [-0.39, 0.29) is 0 Å². The van der Waals surface area contributed by atoms with Gasteiger partial charge in [0.1, 0.15) is 5.65 Å². The topological polar surface area (TPSA) is 59.5 Å². The van der Waals surface area contributed by atoms with Crippen LogP contribution in [-0.4, -0.2) is 30.5 Å². The summed E-state index contributed by atoms with van der Waals surface area (Å²) < 4.78 is 3.91.